The first-order valence-electron chi connectivity index (χ1n) is 9.87. The molecule has 0 bridgehead atoms. The van der Waals surface area contributed by atoms with Gasteiger partial charge < -0.3 is 9.80 Å². The minimum atomic E-state index is -0.137. The predicted octanol–water partition coefficient (Wildman–Crippen LogP) is 4.76. The van der Waals surface area contributed by atoms with Crippen molar-refractivity contribution in [3.8, 4) is 23.5 Å². The average Bonchev–Trinajstić information content (AvgIpc) is 3.48. The summed E-state index contributed by atoms with van der Waals surface area (Å²) in [4.78, 5) is 25.2. The molecule has 0 aliphatic carbocycles. The van der Waals surface area contributed by atoms with E-state index in [0.717, 1.165) is 18.6 Å². The number of piperazine rings is 1. The zero-order valence-corrected chi connectivity index (χ0v) is 18.2. The summed E-state index contributed by atoms with van der Waals surface area (Å²) in [6.45, 7) is 2.87. The van der Waals surface area contributed by atoms with E-state index in [1.165, 1.54) is 32.9 Å². The second-order valence-corrected chi connectivity index (χ2v) is 8.85. The lowest BCUT2D eigenvalue weighted by Gasteiger charge is -2.36. The lowest BCUT2D eigenvalue weighted by atomic mass is 10.0. The Morgan fingerprint density at radius 1 is 1.06 bits per heavy atom. The third-order valence-corrected chi connectivity index (χ3v) is 6.98. The highest BCUT2D eigenvalue weighted by molar-refractivity contribution is 7.17. The van der Waals surface area contributed by atoms with E-state index in [1.807, 2.05) is 16.5 Å². The Kier molecular flexibility index (Phi) is 5.28. The monoisotopic (exact) mass is 445 g/mol. The maximum absolute atomic E-state index is 12.5. The molecule has 0 saturated carbocycles. The van der Waals surface area contributed by atoms with Crippen LogP contribution in [0.5, 0.6) is 0 Å². The quantitative estimate of drug-likeness (QED) is 0.462. The molecule has 0 radical (unpaired) electrons. The highest BCUT2D eigenvalue weighted by atomic mass is 32.1. The van der Waals surface area contributed by atoms with Gasteiger partial charge >= 0.3 is 6.03 Å². The molecule has 0 unspecified atom stereocenters. The van der Waals surface area contributed by atoms with Crippen LogP contribution in [0.2, 0.25) is 0 Å². The Labute approximate surface area is 188 Å². The number of amides is 2. The number of nitrogens with one attached hydrogen (secondary N) is 1. The number of urea groups is 1. The van der Waals surface area contributed by atoms with Crippen molar-refractivity contribution in [2.45, 2.75) is 0 Å². The van der Waals surface area contributed by atoms with Crippen molar-refractivity contribution in [2.24, 2.45) is 0 Å². The predicted molar refractivity (Wildman–Crippen MR) is 128 cm³/mol. The molecule has 5 rings (SSSR count). The van der Waals surface area contributed by atoms with Crippen LogP contribution in [0.25, 0.3) is 21.3 Å². The molecule has 1 aliphatic rings. The molecule has 1 fully saturated rings. The van der Waals surface area contributed by atoms with Gasteiger partial charge in [-0.2, -0.15) is 0 Å². The van der Waals surface area contributed by atoms with Crippen molar-refractivity contribution in [1.82, 2.24) is 14.9 Å². The van der Waals surface area contributed by atoms with Crippen molar-refractivity contribution in [3.63, 3.8) is 0 Å². The molecule has 0 atom stereocenters. The van der Waals surface area contributed by atoms with Crippen molar-refractivity contribution in [2.75, 3.05) is 36.4 Å². The Morgan fingerprint density at radius 3 is 2.61 bits per heavy atom. The van der Waals surface area contributed by atoms with E-state index in [0.29, 0.717) is 23.9 Å². The maximum atomic E-state index is 12.5. The standard InChI is InChI=1S/C23H19N5OS2/c1-2-21-25-20(14-30-21)26-23(29)28-12-10-27(11-13-28)17-8-6-16(7-9-17)18-4-3-5-19-22(18)31-15-24-19/h1,3-9,14-15H,10-13H2,(H,26,29). The Hall–Kier alpha value is -3.41. The van der Waals surface area contributed by atoms with Gasteiger partial charge in [-0.3, -0.25) is 5.32 Å². The second kappa shape index (κ2) is 8.38. The van der Waals surface area contributed by atoms with Gasteiger partial charge in [0.05, 0.1) is 15.7 Å². The molecular formula is C23H19N5OS2. The third-order valence-electron chi connectivity index (χ3n) is 5.33. The van der Waals surface area contributed by atoms with Crippen molar-refractivity contribution >= 4 is 50.4 Å². The SMILES string of the molecule is C#Cc1nc(NC(=O)N2CCN(c3ccc(-c4cccc5ncsc45)cc3)CC2)cs1. The topological polar surface area (TPSA) is 61.4 Å². The summed E-state index contributed by atoms with van der Waals surface area (Å²) in [5.74, 6) is 2.99. The number of hydrogen-bond donors (Lipinski definition) is 1. The zero-order valence-electron chi connectivity index (χ0n) is 16.6. The van der Waals surface area contributed by atoms with Gasteiger partial charge in [0, 0.05) is 42.8 Å². The van der Waals surface area contributed by atoms with Gasteiger partial charge in [0.25, 0.3) is 0 Å². The number of benzene rings is 2. The number of carbonyl (C=O) groups is 1. The fourth-order valence-electron chi connectivity index (χ4n) is 3.72. The molecule has 6 nitrogen and oxygen atoms in total. The number of anilines is 2. The van der Waals surface area contributed by atoms with Crippen LogP contribution in [0.1, 0.15) is 5.01 Å². The molecule has 1 saturated heterocycles. The molecule has 1 N–H and O–H groups in total. The zero-order chi connectivity index (χ0) is 21.2. The highest BCUT2D eigenvalue weighted by Crippen LogP contribution is 2.32. The minimum absolute atomic E-state index is 0.137. The fraction of sp³-hybridized carbons (Fsp3) is 0.174. The van der Waals surface area contributed by atoms with Crippen molar-refractivity contribution < 1.29 is 4.79 Å². The fourth-order valence-corrected chi connectivity index (χ4v) is 5.10. The Morgan fingerprint density at radius 2 is 1.87 bits per heavy atom. The summed E-state index contributed by atoms with van der Waals surface area (Å²) in [5.41, 5.74) is 6.49. The number of aromatic nitrogens is 2. The highest BCUT2D eigenvalue weighted by Gasteiger charge is 2.22. The summed E-state index contributed by atoms with van der Waals surface area (Å²) >= 11 is 3.01. The second-order valence-electron chi connectivity index (χ2n) is 7.14. The van der Waals surface area contributed by atoms with E-state index in [-0.39, 0.29) is 6.03 Å². The van der Waals surface area contributed by atoms with E-state index in [4.69, 9.17) is 6.42 Å². The number of thiazole rings is 2. The summed E-state index contributed by atoms with van der Waals surface area (Å²) < 4.78 is 1.21. The van der Waals surface area contributed by atoms with Gasteiger partial charge in [-0.25, -0.2) is 14.8 Å². The van der Waals surface area contributed by atoms with Crippen LogP contribution in [0, 0.1) is 12.3 Å². The largest absolute Gasteiger partial charge is 0.368 e. The first-order valence-corrected chi connectivity index (χ1v) is 11.6. The van der Waals surface area contributed by atoms with E-state index in [2.05, 4.69) is 62.5 Å². The van der Waals surface area contributed by atoms with Crippen LogP contribution in [0.3, 0.4) is 0 Å². The summed E-state index contributed by atoms with van der Waals surface area (Å²) in [6.07, 6.45) is 5.34. The smallest absolute Gasteiger partial charge is 0.323 e. The van der Waals surface area contributed by atoms with Gasteiger partial charge in [0.1, 0.15) is 5.82 Å². The molecule has 1 aliphatic heterocycles. The molecule has 154 valence electrons. The molecule has 2 amide bonds. The average molecular weight is 446 g/mol. The molecule has 31 heavy (non-hydrogen) atoms. The number of nitrogens with zero attached hydrogens (tertiary/aromatic N) is 4. The van der Waals surface area contributed by atoms with Gasteiger partial charge in [-0.15, -0.1) is 29.1 Å². The molecular weight excluding hydrogens is 426 g/mol. The maximum Gasteiger partial charge on any atom is 0.323 e. The first kappa shape index (κ1) is 19.5. The Bertz CT molecular complexity index is 1260. The van der Waals surface area contributed by atoms with Crippen molar-refractivity contribution in [3.05, 3.63) is 58.4 Å². The van der Waals surface area contributed by atoms with Crippen LogP contribution in [0.4, 0.5) is 16.3 Å². The van der Waals surface area contributed by atoms with Crippen LogP contribution in [-0.2, 0) is 0 Å². The molecule has 2 aromatic carbocycles. The van der Waals surface area contributed by atoms with Crippen LogP contribution in [-0.4, -0.2) is 47.1 Å². The number of terminal acetylenes is 1. The minimum Gasteiger partial charge on any atom is -0.368 e. The van der Waals surface area contributed by atoms with Gasteiger partial charge in [-0.1, -0.05) is 24.3 Å². The number of carbonyl (C=O) groups excluding carboxylic acids is 1. The van der Waals surface area contributed by atoms with E-state index < -0.39 is 0 Å². The van der Waals surface area contributed by atoms with Gasteiger partial charge in [0.2, 0.25) is 0 Å². The van der Waals surface area contributed by atoms with E-state index >= 15 is 0 Å². The number of fused-ring (bicyclic) bond motifs is 1. The van der Waals surface area contributed by atoms with Crippen molar-refractivity contribution in [1.29, 1.82) is 0 Å². The summed E-state index contributed by atoms with van der Waals surface area (Å²) in [6, 6.07) is 14.7. The van der Waals surface area contributed by atoms with Gasteiger partial charge in [-0.05, 0) is 29.7 Å². The van der Waals surface area contributed by atoms with E-state index in [9.17, 15) is 4.79 Å². The van der Waals surface area contributed by atoms with Crippen LogP contribution >= 0.6 is 22.7 Å². The number of hydrogen-bond acceptors (Lipinski definition) is 6. The Balaban J connectivity index is 1.22. The molecule has 0 spiro atoms. The molecule has 8 heteroatoms. The van der Waals surface area contributed by atoms with Crippen LogP contribution in [0.15, 0.2) is 53.4 Å². The normalized spacial score (nSPS) is 13.9. The summed E-state index contributed by atoms with van der Waals surface area (Å²) in [5, 5.41) is 5.15. The summed E-state index contributed by atoms with van der Waals surface area (Å²) in [7, 11) is 0. The van der Waals surface area contributed by atoms with Crippen LogP contribution < -0.4 is 10.2 Å². The lowest BCUT2D eigenvalue weighted by Crippen LogP contribution is -2.50. The molecule has 4 aromatic rings. The molecule has 2 aromatic heterocycles. The van der Waals surface area contributed by atoms with Gasteiger partial charge in [0.15, 0.2) is 5.01 Å². The van der Waals surface area contributed by atoms with E-state index in [1.54, 1.807) is 16.7 Å². The molecule has 3 heterocycles. The lowest BCUT2D eigenvalue weighted by molar-refractivity contribution is 0.208. The third kappa shape index (κ3) is 3.98. The first-order chi connectivity index (χ1) is 15.2. The number of rotatable bonds is 3.